The van der Waals surface area contributed by atoms with Crippen LogP contribution in [0.5, 0.6) is 0 Å². The first-order valence-corrected chi connectivity index (χ1v) is 15.6. The molecular weight excluding hydrogens is 566 g/mol. The van der Waals surface area contributed by atoms with Crippen LogP contribution in [0.2, 0.25) is 0 Å². The molecule has 40 heavy (non-hydrogen) atoms. The second-order valence-electron chi connectivity index (χ2n) is 9.31. The third kappa shape index (κ3) is 8.08. The Balaban J connectivity index is 1.65. The largest absolute Gasteiger partial charge is 0.478 e. The van der Waals surface area contributed by atoms with E-state index in [4.69, 9.17) is 24.4 Å². The number of rotatable bonds is 13. The molecule has 0 spiro atoms. The number of carboxylic acids is 1. The van der Waals surface area contributed by atoms with Gasteiger partial charge in [0.05, 0.1) is 52.9 Å². The summed E-state index contributed by atoms with van der Waals surface area (Å²) in [5.74, 6) is -2.17. The molecule has 2 aromatic carbocycles. The predicted molar refractivity (Wildman–Crippen MR) is 142 cm³/mol. The van der Waals surface area contributed by atoms with Crippen molar-refractivity contribution in [1.29, 1.82) is 0 Å². The Hall–Kier alpha value is -2.88. The third-order valence-corrected chi connectivity index (χ3v) is 10.2. The molecule has 220 valence electrons. The Morgan fingerprint density at radius 3 is 2.12 bits per heavy atom. The van der Waals surface area contributed by atoms with E-state index in [9.17, 15) is 26.4 Å². The van der Waals surface area contributed by atoms with Gasteiger partial charge in [-0.3, -0.25) is 0 Å². The highest BCUT2D eigenvalue weighted by atomic mass is 32.3. The average Bonchev–Trinajstić information content (AvgIpc) is 2.90. The zero-order valence-electron chi connectivity index (χ0n) is 22.2. The molecule has 1 saturated carbocycles. The molecule has 0 aromatic heterocycles. The van der Waals surface area contributed by atoms with Gasteiger partial charge in [0.2, 0.25) is 0 Å². The molecule has 14 heteroatoms. The van der Waals surface area contributed by atoms with E-state index in [1.807, 2.05) is 0 Å². The van der Waals surface area contributed by atoms with Gasteiger partial charge >= 0.3 is 11.9 Å². The van der Waals surface area contributed by atoms with Crippen LogP contribution < -0.4 is 4.13 Å². The number of carboxylic acid groups (broad SMARTS) is 1. The molecule has 2 aromatic rings. The lowest BCUT2D eigenvalue weighted by Gasteiger charge is -2.28. The Morgan fingerprint density at radius 1 is 0.900 bits per heavy atom. The molecule has 3 N–H and O–H groups in total. The van der Waals surface area contributed by atoms with Crippen molar-refractivity contribution in [3.05, 3.63) is 58.7 Å². The number of carbonyl (C=O) groups excluding carboxylic acids is 1. The van der Waals surface area contributed by atoms with E-state index in [-0.39, 0.29) is 54.3 Å². The molecule has 0 radical (unpaired) electrons. The zero-order chi connectivity index (χ0) is 29.5. The molecule has 1 fully saturated rings. The standard InChI is InChI=1S/C26H33NO11S2/c1-17-6-11-23(26(31)38-15-14-37-21-9-7-20(8-10-21)36-13-12-28)18(2)24(17)40(34,35)27-39(32,33)22-5-3-4-19(16-22)25(29)30/h3-6,11,16,20-21,27-28H,7-10,12-15H2,1-2H3,(H,29,30). The number of carbonyl (C=O) groups is 2. The number of sulfonamides is 2. The van der Waals surface area contributed by atoms with Crippen LogP contribution in [0.15, 0.2) is 46.2 Å². The van der Waals surface area contributed by atoms with Gasteiger partial charge in [0.15, 0.2) is 0 Å². The molecule has 0 saturated heterocycles. The van der Waals surface area contributed by atoms with Crippen LogP contribution >= 0.6 is 0 Å². The highest BCUT2D eigenvalue weighted by Gasteiger charge is 2.30. The number of esters is 1. The molecular formula is C26H33NO11S2. The summed E-state index contributed by atoms with van der Waals surface area (Å²) in [5.41, 5.74) is -0.203. The molecule has 12 nitrogen and oxygen atoms in total. The van der Waals surface area contributed by atoms with Crippen molar-refractivity contribution in [1.82, 2.24) is 4.13 Å². The first kappa shape index (κ1) is 31.6. The number of nitrogens with one attached hydrogen (secondary N) is 1. The number of aromatic carboxylic acids is 1. The smallest absolute Gasteiger partial charge is 0.338 e. The van der Waals surface area contributed by atoms with Crippen LogP contribution in [-0.2, 0) is 34.3 Å². The van der Waals surface area contributed by atoms with Gasteiger partial charge < -0.3 is 24.4 Å². The minimum absolute atomic E-state index is 0.00486. The maximum Gasteiger partial charge on any atom is 0.338 e. The first-order valence-electron chi connectivity index (χ1n) is 12.6. The van der Waals surface area contributed by atoms with E-state index in [0.717, 1.165) is 37.8 Å². The second-order valence-corrected chi connectivity index (χ2v) is 12.9. The maximum atomic E-state index is 13.2. The normalized spacial score (nSPS) is 17.9. The Labute approximate surface area is 233 Å². The van der Waals surface area contributed by atoms with Crippen molar-refractivity contribution in [3.8, 4) is 0 Å². The SMILES string of the molecule is Cc1ccc(C(=O)OCCOC2CCC(OCCO)CC2)c(C)c1S(=O)(=O)NS(=O)(=O)c1cccc(C(=O)O)c1. The zero-order valence-corrected chi connectivity index (χ0v) is 23.8. The van der Waals surface area contributed by atoms with Crippen molar-refractivity contribution < 1.29 is 50.8 Å². The van der Waals surface area contributed by atoms with E-state index in [2.05, 4.69) is 0 Å². The molecule has 1 aliphatic rings. The minimum atomic E-state index is -4.71. The van der Waals surface area contributed by atoms with Gasteiger partial charge in [0.1, 0.15) is 6.61 Å². The molecule has 0 heterocycles. The van der Waals surface area contributed by atoms with Crippen molar-refractivity contribution in [2.45, 2.75) is 61.5 Å². The lowest BCUT2D eigenvalue weighted by atomic mass is 9.95. The number of aliphatic hydroxyl groups is 1. The lowest BCUT2D eigenvalue weighted by Crippen LogP contribution is -2.32. The quantitative estimate of drug-likeness (QED) is 0.227. The fourth-order valence-corrected chi connectivity index (χ4v) is 7.92. The van der Waals surface area contributed by atoms with Gasteiger partial charge in [0, 0.05) is 0 Å². The monoisotopic (exact) mass is 599 g/mol. The van der Waals surface area contributed by atoms with Gasteiger partial charge in [-0.1, -0.05) is 12.1 Å². The summed E-state index contributed by atoms with van der Waals surface area (Å²) in [6.45, 7) is 3.18. The summed E-state index contributed by atoms with van der Waals surface area (Å²) >= 11 is 0. The minimum Gasteiger partial charge on any atom is -0.478 e. The summed E-state index contributed by atoms with van der Waals surface area (Å²) in [4.78, 5) is 23.0. The van der Waals surface area contributed by atoms with Crippen molar-refractivity contribution in [3.63, 3.8) is 0 Å². The number of hydrogen-bond acceptors (Lipinski definition) is 10. The molecule has 0 atom stereocenters. The van der Waals surface area contributed by atoms with Gasteiger partial charge in [-0.05, 0) is 74.9 Å². The number of benzene rings is 2. The van der Waals surface area contributed by atoms with E-state index < -0.39 is 41.8 Å². The molecule has 0 bridgehead atoms. The second kappa shape index (κ2) is 13.7. The Bertz CT molecular complexity index is 1430. The van der Waals surface area contributed by atoms with Crippen molar-refractivity contribution in [2.24, 2.45) is 0 Å². The van der Waals surface area contributed by atoms with Crippen LogP contribution in [0.1, 0.15) is 57.5 Å². The summed E-state index contributed by atoms with van der Waals surface area (Å²) in [6.07, 6.45) is 3.25. The fourth-order valence-electron chi connectivity index (χ4n) is 4.50. The summed E-state index contributed by atoms with van der Waals surface area (Å²) in [6, 6.07) is 7.02. The molecule has 0 aliphatic heterocycles. The van der Waals surface area contributed by atoms with Gasteiger partial charge in [-0.2, -0.15) is 0 Å². The first-order chi connectivity index (χ1) is 18.9. The third-order valence-electron chi connectivity index (χ3n) is 6.44. The Morgan fingerprint density at radius 2 is 1.52 bits per heavy atom. The van der Waals surface area contributed by atoms with Crippen LogP contribution in [-0.4, -0.2) is 77.6 Å². The lowest BCUT2D eigenvalue weighted by molar-refractivity contribution is -0.0467. The molecule has 0 unspecified atom stereocenters. The average molecular weight is 600 g/mol. The van der Waals surface area contributed by atoms with Crippen LogP contribution in [0.25, 0.3) is 0 Å². The van der Waals surface area contributed by atoms with Gasteiger partial charge in [0.25, 0.3) is 20.0 Å². The summed E-state index contributed by atoms with van der Waals surface area (Å²) in [5, 5.41) is 18.0. The van der Waals surface area contributed by atoms with E-state index in [1.54, 1.807) is 4.13 Å². The fraction of sp³-hybridized carbons (Fsp3) is 0.462. The molecule has 0 amide bonds. The van der Waals surface area contributed by atoms with E-state index in [0.29, 0.717) is 6.61 Å². The number of aliphatic hydroxyl groups excluding tert-OH is 1. The molecule has 3 rings (SSSR count). The summed E-state index contributed by atoms with van der Waals surface area (Å²) in [7, 11) is -9.39. The van der Waals surface area contributed by atoms with Crippen LogP contribution in [0.4, 0.5) is 0 Å². The van der Waals surface area contributed by atoms with Crippen LogP contribution in [0, 0.1) is 13.8 Å². The van der Waals surface area contributed by atoms with Crippen molar-refractivity contribution in [2.75, 3.05) is 26.4 Å². The van der Waals surface area contributed by atoms with Gasteiger partial charge in [-0.15, -0.1) is 4.13 Å². The molecule has 1 aliphatic carbocycles. The highest BCUT2D eigenvalue weighted by Crippen LogP contribution is 2.26. The van der Waals surface area contributed by atoms with E-state index >= 15 is 0 Å². The van der Waals surface area contributed by atoms with Crippen LogP contribution in [0.3, 0.4) is 0 Å². The topological polar surface area (TPSA) is 183 Å². The number of hydrogen-bond donors (Lipinski definition) is 3. The highest BCUT2D eigenvalue weighted by molar-refractivity contribution is 8.04. The number of ether oxygens (including phenoxy) is 3. The maximum absolute atomic E-state index is 13.2. The Kier molecular flexibility index (Phi) is 10.8. The van der Waals surface area contributed by atoms with Crippen molar-refractivity contribution >= 4 is 32.0 Å². The van der Waals surface area contributed by atoms with Gasteiger partial charge in [-0.25, -0.2) is 26.4 Å². The summed E-state index contributed by atoms with van der Waals surface area (Å²) < 4.78 is 70.2. The predicted octanol–water partition coefficient (Wildman–Crippen LogP) is 2.16. The number of aryl methyl sites for hydroxylation is 1. The van der Waals surface area contributed by atoms with E-state index in [1.165, 1.54) is 38.1 Å².